The molecule has 6 nitrogen and oxygen atoms in total. The number of halogens is 1. The SMILES string of the molecule is COc1cc(Cl)ccc1-c1c(-c2ccc(S(N)(=O)=O)cc2)oc2ccccc2c1=O. The second-order valence-corrected chi connectivity index (χ2v) is 8.54. The molecule has 0 bridgehead atoms. The summed E-state index contributed by atoms with van der Waals surface area (Å²) in [6, 6.07) is 17.7. The standard InChI is InChI=1S/C22H16ClNO5S/c1-28-19-12-14(23)8-11-16(19)20-21(25)17-4-2-3-5-18(17)29-22(20)13-6-9-15(10-7-13)30(24,26)27/h2-12H,1H3,(H2,24,26,27). The quantitative estimate of drug-likeness (QED) is 0.504. The maximum atomic E-state index is 13.4. The van der Waals surface area contributed by atoms with E-state index in [1.54, 1.807) is 54.6 Å². The van der Waals surface area contributed by atoms with E-state index in [0.717, 1.165) is 0 Å². The van der Waals surface area contributed by atoms with E-state index in [0.29, 0.717) is 32.9 Å². The maximum Gasteiger partial charge on any atom is 0.238 e. The van der Waals surface area contributed by atoms with Crippen molar-refractivity contribution in [1.29, 1.82) is 0 Å². The summed E-state index contributed by atoms with van der Waals surface area (Å²) in [5.74, 6) is 0.688. The zero-order valence-corrected chi connectivity index (χ0v) is 17.3. The number of para-hydroxylation sites is 1. The summed E-state index contributed by atoms with van der Waals surface area (Å²) in [5, 5.41) is 6.06. The van der Waals surface area contributed by atoms with E-state index in [9.17, 15) is 13.2 Å². The van der Waals surface area contributed by atoms with Gasteiger partial charge in [0, 0.05) is 16.1 Å². The highest BCUT2D eigenvalue weighted by molar-refractivity contribution is 7.89. The van der Waals surface area contributed by atoms with Crippen LogP contribution in [-0.2, 0) is 10.0 Å². The Morgan fingerprint density at radius 2 is 1.70 bits per heavy atom. The summed E-state index contributed by atoms with van der Waals surface area (Å²) in [6.45, 7) is 0. The van der Waals surface area contributed by atoms with Crippen molar-refractivity contribution < 1.29 is 17.6 Å². The fourth-order valence-electron chi connectivity index (χ4n) is 3.26. The van der Waals surface area contributed by atoms with Crippen molar-refractivity contribution in [3.8, 4) is 28.2 Å². The van der Waals surface area contributed by atoms with Crippen LogP contribution in [0.15, 0.2) is 80.8 Å². The molecule has 8 heteroatoms. The van der Waals surface area contributed by atoms with E-state index in [2.05, 4.69) is 0 Å². The summed E-state index contributed by atoms with van der Waals surface area (Å²) in [5.41, 5.74) is 1.46. The van der Waals surface area contributed by atoms with Crippen molar-refractivity contribution in [2.75, 3.05) is 7.11 Å². The summed E-state index contributed by atoms with van der Waals surface area (Å²) in [6.07, 6.45) is 0. The Kier molecular flexibility index (Phi) is 5.11. The third-order valence-corrected chi connectivity index (χ3v) is 5.84. The van der Waals surface area contributed by atoms with Gasteiger partial charge in [0.2, 0.25) is 15.5 Å². The number of primary sulfonamides is 1. The minimum atomic E-state index is -3.85. The van der Waals surface area contributed by atoms with E-state index in [-0.39, 0.29) is 21.6 Å². The Morgan fingerprint density at radius 1 is 1.00 bits per heavy atom. The molecule has 0 spiro atoms. The smallest absolute Gasteiger partial charge is 0.238 e. The molecule has 3 aromatic carbocycles. The number of hydrogen-bond acceptors (Lipinski definition) is 5. The molecule has 152 valence electrons. The number of sulfonamides is 1. The Balaban J connectivity index is 2.07. The first-order chi connectivity index (χ1) is 14.3. The Hall–Kier alpha value is -3.13. The molecule has 0 atom stereocenters. The van der Waals surface area contributed by atoms with E-state index in [4.69, 9.17) is 25.9 Å². The van der Waals surface area contributed by atoms with Gasteiger partial charge in [0.05, 0.1) is 23.0 Å². The highest BCUT2D eigenvalue weighted by atomic mass is 35.5. The van der Waals surface area contributed by atoms with Crippen molar-refractivity contribution in [2.45, 2.75) is 4.90 Å². The number of fused-ring (bicyclic) bond motifs is 1. The molecule has 4 rings (SSSR count). The molecular formula is C22H16ClNO5S. The van der Waals surface area contributed by atoms with Gasteiger partial charge in [-0.05, 0) is 54.6 Å². The minimum absolute atomic E-state index is 0.0417. The lowest BCUT2D eigenvalue weighted by Crippen LogP contribution is -2.12. The van der Waals surface area contributed by atoms with Gasteiger partial charge >= 0.3 is 0 Å². The van der Waals surface area contributed by atoms with Gasteiger partial charge in [-0.1, -0.05) is 23.7 Å². The van der Waals surface area contributed by atoms with Crippen LogP contribution in [-0.4, -0.2) is 15.5 Å². The molecule has 0 radical (unpaired) electrons. The van der Waals surface area contributed by atoms with Crippen LogP contribution in [0, 0.1) is 0 Å². The van der Waals surface area contributed by atoms with Crippen LogP contribution < -0.4 is 15.3 Å². The fraction of sp³-hybridized carbons (Fsp3) is 0.0455. The molecule has 0 aliphatic carbocycles. The Bertz CT molecular complexity index is 1430. The van der Waals surface area contributed by atoms with Crippen molar-refractivity contribution in [3.63, 3.8) is 0 Å². The summed E-state index contributed by atoms with van der Waals surface area (Å²) < 4.78 is 34.7. The fourth-order valence-corrected chi connectivity index (χ4v) is 3.93. The largest absolute Gasteiger partial charge is 0.496 e. The molecule has 1 aromatic heterocycles. The highest BCUT2D eigenvalue weighted by Crippen LogP contribution is 2.38. The highest BCUT2D eigenvalue weighted by Gasteiger charge is 2.21. The second kappa shape index (κ2) is 7.60. The zero-order chi connectivity index (χ0) is 21.5. The lowest BCUT2D eigenvalue weighted by Gasteiger charge is -2.14. The molecule has 0 aliphatic heterocycles. The topological polar surface area (TPSA) is 99.6 Å². The first-order valence-electron chi connectivity index (χ1n) is 8.82. The lowest BCUT2D eigenvalue weighted by molar-refractivity contribution is 0.416. The van der Waals surface area contributed by atoms with Crippen molar-refractivity contribution in [3.05, 3.63) is 82.0 Å². The predicted octanol–water partition coefficient (Wildman–Crippen LogP) is 4.44. The Labute approximate surface area is 177 Å². The van der Waals surface area contributed by atoms with Crippen LogP contribution in [0.5, 0.6) is 5.75 Å². The number of methoxy groups -OCH3 is 1. The first-order valence-corrected chi connectivity index (χ1v) is 10.7. The van der Waals surface area contributed by atoms with E-state index >= 15 is 0 Å². The monoisotopic (exact) mass is 441 g/mol. The molecule has 30 heavy (non-hydrogen) atoms. The lowest BCUT2D eigenvalue weighted by atomic mass is 9.97. The molecule has 0 saturated carbocycles. The normalized spacial score (nSPS) is 11.6. The number of ether oxygens (including phenoxy) is 1. The number of nitrogens with two attached hydrogens (primary N) is 1. The van der Waals surface area contributed by atoms with E-state index < -0.39 is 10.0 Å². The molecule has 0 aliphatic rings. The van der Waals surface area contributed by atoms with Crippen molar-refractivity contribution in [2.24, 2.45) is 5.14 Å². The van der Waals surface area contributed by atoms with Gasteiger partial charge in [0.25, 0.3) is 0 Å². The van der Waals surface area contributed by atoms with Crippen LogP contribution in [0.1, 0.15) is 0 Å². The van der Waals surface area contributed by atoms with Crippen LogP contribution in [0.25, 0.3) is 33.4 Å². The predicted molar refractivity (Wildman–Crippen MR) is 116 cm³/mol. The summed E-state index contributed by atoms with van der Waals surface area (Å²) in [7, 11) is -2.36. The van der Waals surface area contributed by atoms with Crippen LogP contribution in [0.3, 0.4) is 0 Å². The molecule has 0 saturated heterocycles. The average molecular weight is 442 g/mol. The number of benzene rings is 3. The van der Waals surface area contributed by atoms with Gasteiger partial charge in [0.15, 0.2) is 0 Å². The van der Waals surface area contributed by atoms with E-state index in [1.165, 1.54) is 19.2 Å². The second-order valence-electron chi connectivity index (χ2n) is 6.55. The molecule has 0 unspecified atom stereocenters. The van der Waals surface area contributed by atoms with Crippen LogP contribution in [0.4, 0.5) is 0 Å². The number of hydrogen-bond donors (Lipinski definition) is 1. The number of rotatable bonds is 4. The first kappa shape index (κ1) is 20.2. The van der Waals surface area contributed by atoms with Crippen LogP contribution >= 0.6 is 11.6 Å². The van der Waals surface area contributed by atoms with Gasteiger partial charge in [-0.2, -0.15) is 0 Å². The molecule has 2 N–H and O–H groups in total. The molecule has 4 aromatic rings. The molecule has 1 heterocycles. The van der Waals surface area contributed by atoms with Gasteiger partial charge in [0.1, 0.15) is 17.1 Å². The van der Waals surface area contributed by atoms with E-state index in [1.807, 2.05) is 0 Å². The molecule has 0 amide bonds. The third-order valence-electron chi connectivity index (χ3n) is 4.68. The van der Waals surface area contributed by atoms with Gasteiger partial charge < -0.3 is 9.15 Å². The maximum absolute atomic E-state index is 13.4. The van der Waals surface area contributed by atoms with Crippen molar-refractivity contribution >= 4 is 32.6 Å². The Morgan fingerprint density at radius 3 is 2.37 bits per heavy atom. The van der Waals surface area contributed by atoms with Gasteiger partial charge in [-0.25, -0.2) is 13.6 Å². The van der Waals surface area contributed by atoms with Gasteiger partial charge in [-0.15, -0.1) is 0 Å². The molecule has 0 fully saturated rings. The van der Waals surface area contributed by atoms with Gasteiger partial charge in [-0.3, -0.25) is 4.79 Å². The average Bonchev–Trinajstić information content (AvgIpc) is 2.73. The molecular weight excluding hydrogens is 426 g/mol. The summed E-state index contributed by atoms with van der Waals surface area (Å²) in [4.78, 5) is 13.4. The summed E-state index contributed by atoms with van der Waals surface area (Å²) >= 11 is 6.08. The van der Waals surface area contributed by atoms with Crippen LogP contribution in [0.2, 0.25) is 5.02 Å². The minimum Gasteiger partial charge on any atom is -0.496 e. The van der Waals surface area contributed by atoms with Crippen molar-refractivity contribution in [1.82, 2.24) is 0 Å². The zero-order valence-electron chi connectivity index (χ0n) is 15.8. The third kappa shape index (κ3) is 3.59.